The normalized spacial score (nSPS) is 15.1. The Hall–Kier alpha value is -3.03. The van der Waals surface area contributed by atoms with E-state index < -0.39 is 6.09 Å². The Labute approximate surface area is 157 Å². The zero-order valence-electron chi connectivity index (χ0n) is 14.2. The van der Waals surface area contributed by atoms with Crippen LogP contribution in [0.2, 0.25) is 0 Å². The highest BCUT2D eigenvalue weighted by atomic mass is 32.1. The van der Waals surface area contributed by atoms with Gasteiger partial charge in [0.2, 0.25) is 0 Å². The van der Waals surface area contributed by atoms with Crippen LogP contribution in [0.5, 0.6) is 0 Å². The van der Waals surface area contributed by atoms with Crippen LogP contribution in [0, 0.1) is 11.3 Å². The molecule has 0 aliphatic carbocycles. The number of fused-ring (bicyclic) bond motifs is 1. The molecule has 1 N–H and O–H groups in total. The average molecular weight is 385 g/mol. The monoisotopic (exact) mass is 385 g/mol. The van der Waals surface area contributed by atoms with Crippen molar-refractivity contribution in [2.24, 2.45) is 0 Å². The maximum atomic E-state index is 10.9. The number of nitrogens with zero attached hydrogens (tertiary/aromatic N) is 5. The number of piperidine rings is 1. The van der Waals surface area contributed by atoms with Crippen LogP contribution in [0.25, 0.3) is 20.9 Å². The van der Waals surface area contributed by atoms with Gasteiger partial charge in [-0.3, -0.25) is 0 Å². The maximum absolute atomic E-state index is 10.9. The van der Waals surface area contributed by atoms with Gasteiger partial charge in [-0.05, 0) is 25.0 Å². The Kier molecular flexibility index (Phi) is 4.70. The molecule has 1 fully saturated rings. The Bertz CT molecular complexity index is 1020. The first-order chi connectivity index (χ1) is 13.1. The van der Waals surface area contributed by atoms with Crippen molar-refractivity contribution >= 4 is 27.5 Å². The Morgan fingerprint density at radius 1 is 1.48 bits per heavy atom. The smallest absolute Gasteiger partial charge is 0.407 e. The Balaban J connectivity index is 1.41. The van der Waals surface area contributed by atoms with Gasteiger partial charge in [0.15, 0.2) is 5.82 Å². The molecule has 10 heteroatoms. The molecule has 0 bridgehead atoms. The zero-order chi connectivity index (χ0) is 18.8. The van der Waals surface area contributed by atoms with Crippen LogP contribution in [0.3, 0.4) is 0 Å². The third-order valence-corrected chi connectivity index (χ3v) is 5.48. The maximum Gasteiger partial charge on any atom is 0.407 e. The van der Waals surface area contributed by atoms with Gasteiger partial charge in [-0.1, -0.05) is 5.16 Å². The third-order valence-electron chi connectivity index (χ3n) is 4.39. The van der Waals surface area contributed by atoms with E-state index in [9.17, 15) is 4.79 Å². The van der Waals surface area contributed by atoms with E-state index in [1.807, 2.05) is 12.1 Å². The van der Waals surface area contributed by atoms with E-state index in [1.54, 1.807) is 6.20 Å². The molecular formula is C17H15N5O4S. The van der Waals surface area contributed by atoms with Crippen LogP contribution in [0.4, 0.5) is 4.79 Å². The molecule has 27 heavy (non-hydrogen) atoms. The van der Waals surface area contributed by atoms with Crippen LogP contribution in [0.15, 0.2) is 22.9 Å². The average Bonchev–Trinajstić information content (AvgIpc) is 3.33. The predicted octanol–water partition coefficient (Wildman–Crippen LogP) is 2.88. The van der Waals surface area contributed by atoms with E-state index in [4.69, 9.17) is 19.6 Å². The van der Waals surface area contributed by atoms with E-state index in [0.29, 0.717) is 43.3 Å². The molecule has 1 saturated heterocycles. The molecule has 0 unspecified atom stereocenters. The summed E-state index contributed by atoms with van der Waals surface area (Å²) >= 11 is 1.45. The summed E-state index contributed by atoms with van der Waals surface area (Å²) in [5.41, 5.74) is 0.366. The van der Waals surface area contributed by atoms with Crippen molar-refractivity contribution in [2.75, 3.05) is 13.1 Å². The molecule has 9 nitrogen and oxygen atoms in total. The first-order valence-corrected chi connectivity index (χ1v) is 9.17. The van der Waals surface area contributed by atoms with Gasteiger partial charge >= 0.3 is 6.09 Å². The van der Waals surface area contributed by atoms with Crippen molar-refractivity contribution in [3.8, 4) is 16.8 Å². The molecule has 0 saturated carbocycles. The number of ether oxygens (including phenoxy) is 1. The number of rotatable bonds is 4. The van der Waals surface area contributed by atoms with E-state index in [1.165, 1.54) is 16.2 Å². The number of aromatic nitrogens is 3. The molecule has 0 radical (unpaired) electrons. The second-order valence-electron chi connectivity index (χ2n) is 6.09. The fraction of sp³-hybridized carbons (Fsp3) is 0.353. The van der Waals surface area contributed by atoms with Crippen LogP contribution in [-0.4, -0.2) is 50.4 Å². The largest absolute Gasteiger partial charge is 0.465 e. The summed E-state index contributed by atoms with van der Waals surface area (Å²) in [5.74, 6) is 0.807. The van der Waals surface area contributed by atoms with Gasteiger partial charge in [-0.25, -0.2) is 9.78 Å². The Morgan fingerprint density at radius 3 is 3.04 bits per heavy atom. The quantitative estimate of drug-likeness (QED) is 0.726. The van der Waals surface area contributed by atoms with Gasteiger partial charge in [0.05, 0.1) is 11.0 Å². The van der Waals surface area contributed by atoms with E-state index in [2.05, 4.69) is 21.2 Å². The summed E-state index contributed by atoms with van der Waals surface area (Å²) in [6, 6.07) is 5.74. The number of amides is 1. The lowest BCUT2D eigenvalue weighted by Crippen LogP contribution is -2.40. The molecule has 1 aliphatic heterocycles. The number of carboxylic acid groups (broad SMARTS) is 1. The summed E-state index contributed by atoms with van der Waals surface area (Å²) in [6.45, 7) is 1.14. The third kappa shape index (κ3) is 3.60. The summed E-state index contributed by atoms with van der Waals surface area (Å²) in [5, 5.41) is 22.8. The summed E-state index contributed by atoms with van der Waals surface area (Å²) in [7, 11) is 0. The molecule has 3 aromatic rings. The lowest BCUT2D eigenvalue weighted by atomic mass is 10.1. The standard InChI is InChI=1S/C17H15N5O4S/c18-8-12-11-7-14(27-13(11)1-4-19-12)16-20-15(21-26-16)9-25-10-2-5-22(6-3-10)17(23)24/h1,4,7,10H,2-3,5-6,9H2,(H,23,24). The van der Waals surface area contributed by atoms with Crippen LogP contribution < -0.4 is 0 Å². The second kappa shape index (κ2) is 7.30. The molecular weight excluding hydrogens is 370 g/mol. The molecule has 4 heterocycles. The molecule has 1 aliphatic rings. The summed E-state index contributed by atoms with van der Waals surface area (Å²) in [4.78, 5) is 21.5. The Morgan fingerprint density at radius 2 is 2.30 bits per heavy atom. The number of hydrogen-bond donors (Lipinski definition) is 1. The highest BCUT2D eigenvalue weighted by Crippen LogP contribution is 2.33. The first-order valence-electron chi connectivity index (χ1n) is 8.35. The van der Waals surface area contributed by atoms with Gasteiger partial charge in [0.25, 0.3) is 5.89 Å². The lowest BCUT2D eigenvalue weighted by molar-refractivity contribution is -0.00294. The number of nitriles is 1. The molecule has 0 aromatic carbocycles. The van der Waals surface area contributed by atoms with Crippen molar-refractivity contribution in [3.63, 3.8) is 0 Å². The van der Waals surface area contributed by atoms with Gasteiger partial charge in [-0.15, -0.1) is 11.3 Å². The van der Waals surface area contributed by atoms with Crippen molar-refractivity contribution < 1.29 is 19.2 Å². The van der Waals surface area contributed by atoms with Crippen LogP contribution in [-0.2, 0) is 11.3 Å². The first kappa shape index (κ1) is 17.4. The van der Waals surface area contributed by atoms with E-state index in [0.717, 1.165) is 15.0 Å². The number of carbonyl (C=O) groups is 1. The SMILES string of the molecule is N#Cc1nccc2sc(-c3nc(COC4CCN(C(=O)O)CC4)no3)cc12. The fourth-order valence-electron chi connectivity index (χ4n) is 2.98. The van der Waals surface area contributed by atoms with Crippen molar-refractivity contribution in [1.82, 2.24) is 20.0 Å². The van der Waals surface area contributed by atoms with E-state index >= 15 is 0 Å². The van der Waals surface area contributed by atoms with Crippen LogP contribution >= 0.6 is 11.3 Å². The number of likely N-dealkylation sites (tertiary alicyclic amines) is 1. The van der Waals surface area contributed by atoms with E-state index in [-0.39, 0.29) is 12.7 Å². The highest BCUT2D eigenvalue weighted by molar-refractivity contribution is 7.22. The molecule has 0 atom stereocenters. The number of hydrogen-bond acceptors (Lipinski definition) is 8. The highest BCUT2D eigenvalue weighted by Gasteiger charge is 2.23. The van der Waals surface area contributed by atoms with Gasteiger partial charge in [-0.2, -0.15) is 10.2 Å². The predicted molar refractivity (Wildman–Crippen MR) is 95.0 cm³/mol. The summed E-state index contributed by atoms with van der Waals surface area (Å²) < 4.78 is 12.0. The minimum Gasteiger partial charge on any atom is -0.465 e. The van der Waals surface area contributed by atoms with Crippen molar-refractivity contribution in [1.29, 1.82) is 5.26 Å². The topological polar surface area (TPSA) is 125 Å². The zero-order valence-corrected chi connectivity index (χ0v) is 15.0. The molecule has 4 rings (SSSR count). The van der Waals surface area contributed by atoms with Gasteiger partial charge in [0, 0.05) is 29.4 Å². The fourth-order valence-corrected chi connectivity index (χ4v) is 3.95. The molecule has 1 amide bonds. The molecule has 3 aromatic heterocycles. The minimum atomic E-state index is -0.894. The number of thiophene rings is 1. The number of pyridine rings is 1. The summed E-state index contributed by atoms with van der Waals surface area (Å²) in [6.07, 6.45) is 1.99. The lowest BCUT2D eigenvalue weighted by Gasteiger charge is -2.29. The minimum absolute atomic E-state index is 0.0175. The van der Waals surface area contributed by atoms with Crippen LogP contribution in [0.1, 0.15) is 24.4 Å². The van der Waals surface area contributed by atoms with Gasteiger partial charge in [0.1, 0.15) is 18.4 Å². The molecule has 138 valence electrons. The van der Waals surface area contributed by atoms with Crippen molar-refractivity contribution in [2.45, 2.75) is 25.6 Å². The second-order valence-corrected chi connectivity index (χ2v) is 7.17. The molecule has 0 spiro atoms. The van der Waals surface area contributed by atoms with Gasteiger partial charge < -0.3 is 19.3 Å². The van der Waals surface area contributed by atoms with Crippen molar-refractivity contribution in [3.05, 3.63) is 29.8 Å².